The minimum Gasteiger partial charge on any atom is -0.364 e. The van der Waals surface area contributed by atoms with Crippen LogP contribution >= 0.6 is 0 Å². The molecule has 3 heterocycles. The number of nitrogens with zero attached hydrogens (tertiary/aromatic N) is 4. The van der Waals surface area contributed by atoms with Crippen LogP contribution in [0.25, 0.3) is 16.5 Å². The highest BCUT2D eigenvalue weighted by atomic mass is 19.1. The predicted octanol–water partition coefficient (Wildman–Crippen LogP) is 2.89. The lowest BCUT2D eigenvalue weighted by Crippen LogP contribution is -2.46. The number of hydrogen-bond donors (Lipinski definition) is 0. The molecule has 3 aromatic rings. The fraction of sp³-hybridized carbons (Fsp3) is 0.308. The molecule has 0 aliphatic carbocycles. The number of likely N-dealkylation sites (N-methyl/N-ethyl adjacent to an activating group) is 1. The summed E-state index contributed by atoms with van der Waals surface area (Å²) < 4.78 is 15.6. The van der Waals surface area contributed by atoms with E-state index in [0.717, 1.165) is 29.6 Å². The Morgan fingerprint density at radius 3 is 2.30 bits per heavy atom. The van der Waals surface area contributed by atoms with Crippen molar-refractivity contribution >= 4 is 28.3 Å². The van der Waals surface area contributed by atoms with Crippen LogP contribution in [0.2, 0.25) is 0 Å². The van der Waals surface area contributed by atoms with Gasteiger partial charge in [-0.1, -0.05) is 30.3 Å². The maximum atomic E-state index is 13.6. The summed E-state index contributed by atoms with van der Waals surface area (Å²) in [6, 6.07) is 14.0. The van der Waals surface area contributed by atoms with E-state index in [-0.39, 0.29) is 17.6 Å². The average Bonchev–Trinajstić information content (AvgIpc) is 3.27. The molecule has 0 N–H and O–H groups in total. The van der Waals surface area contributed by atoms with Gasteiger partial charge in [-0.3, -0.25) is 14.5 Å². The number of amides is 2. The molecule has 33 heavy (non-hydrogen) atoms. The number of carbonyl (C=O) groups excluding carboxylic acids is 2. The Labute approximate surface area is 192 Å². The van der Waals surface area contributed by atoms with Crippen molar-refractivity contribution in [2.75, 3.05) is 39.8 Å². The summed E-state index contributed by atoms with van der Waals surface area (Å²) in [7, 11) is 4.04. The number of piperazine rings is 1. The molecule has 0 bridgehead atoms. The first-order valence-electron chi connectivity index (χ1n) is 11.3. The average molecular weight is 447 g/mol. The molecule has 0 atom stereocenters. The second kappa shape index (κ2) is 8.48. The third-order valence-corrected chi connectivity index (χ3v) is 6.68. The summed E-state index contributed by atoms with van der Waals surface area (Å²) >= 11 is 0. The first kappa shape index (κ1) is 21.4. The Morgan fingerprint density at radius 1 is 0.879 bits per heavy atom. The van der Waals surface area contributed by atoms with Crippen LogP contribution < -0.4 is 0 Å². The lowest BCUT2D eigenvalue weighted by Gasteiger charge is -2.34. The van der Waals surface area contributed by atoms with Crippen molar-refractivity contribution in [1.82, 2.24) is 19.3 Å². The van der Waals surface area contributed by atoms with Crippen molar-refractivity contribution in [2.45, 2.75) is 6.42 Å². The molecule has 0 unspecified atom stereocenters. The topological polar surface area (TPSA) is 48.8 Å². The van der Waals surface area contributed by atoms with E-state index in [1.807, 2.05) is 31.1 Å². The minimum atomic E-state index is -0.370. The van der Waals surface area contributed by atoms with Gasteiger partial charge in [0.05, 0.1) is 5.57 Å². The molecular weight excluding hydrogens is 419 g/mol. The molecule has 7 heteroatoms. The zero-order valence-corrected chi connectivity index (χ0v) is 18.9. The highest BCUT2D eigenvalue weighted by Crippen LogP contribution is 2.33. The summed E-state index contributed by atoms with van der Waals surface area (Å²) in [4.78, 5) is 32.6. The van der Waals surface area contributed by atoms with Gasteiger partial charge in [0, 0.05) is 56.9 Å². The van der Waals surface area contributed by atoms with E-state index >= 15 is 0 Å². The molecule has 6 nitrogen and oxygen atoms in total. The Bertz CT molecular complexity index is 1250. The number of para-hydroxylation sites is 1. The van der Waals surface area contributed by atoms with Crippen LogP contribution in [0, 0.1) is 5.82 Å². The van der Waals surface area contributed by atoms with Crippen molar-refractivity contribution in [3.05, 3.63) is 77.4 Å². The molecule has 5 rings (SSSR count). The summed E-state index contributed by atoms with van der Waals surface area (Å²) in [5.74, 6) is -0.935. The van der Waals surface area contributed by atoms with E-state index in [2.05, 4.69) is 27.8 Å². The minimum absolute atomic E-state index is 0.260. The molecule has 2 aliphatic heterocycles. The first-order valence-corrected chi connectivity index (χ1v) is 11.3. The number of aromatic nitrogens is 1. The Kier molecular flexibility index (Phi) is 5.50. The lowest BCUT2D eigenvalue weighted by molar-refractivity contribution is -0.137. The fourth-order valence-corrected chi connectivity index (χ4v) is 4.82. The molecule has 0 radical (unpaired) electrons. The zero-order valence-electron chi connectivity index (χ0n) is 18.9. The van der Waals surface area contributed by atoms with Crippen molar-refractivity contribution in [3.63, 3.8) is 0 Å². The number of halogens is 1. The Balaban J connectivity index is 1.46. The number of rotatable bonds is 5. The molecule has 2 aliphatic rings. The van der Waals surface area contributed by atoms with Crippen LogP contribution in [0.3, 0.4) is 0 Å². The number of carbonyl (C=O) groups is 2. The highest BCUT2D eigenvalue weighted by molar-refractivity contribution is 6.35. The van der Waals surface area contributed by atoms with Crippen LogP contribution in [-0.4, -0.2) is 70.9 Å². The Morgan fingerprint density at radius 2 is 1.58 bits per heavy atom. The van der Waals surface area contributed by atoms with Gasteiger partial charge in [0.25, 0.3) is 11.8 Å². The number of imide groups is 1. The van der Waals surface area contributed by atoms with Gasteiger partial charge in [-0.25, -0.2) is 4.39 Å². The molecule has 2 aromatic carbocycles. The molecule has 0 spiro atoms. The standard InChI is InChI=1S/C26H27FN4O2/c1-28-13-15-30(16-14-28)24-23(18-7-9-20(27)10-8-18)25(32)31(26(24)33)12-11-19-17-29(2)22-6-4-3-5-21(19)22/h3-10,17H,11-16H2,1-2H3. The van der Waals surface area contributed by atoms with E-state index in [1.54, 1.807) is 12.1 Å². The Hall–Kier alpha value is -3.45. The second-order valence-corrected chi connectivity index (χ2v) is 8.82. The zero-order chi connectivity index (χ0) is 23.1. The summed E-state index contributed by atoms with van der Waals surface area (Å²) in [5, 5.41) is 1.13. The highest BCUT2D eigenvalue weighted by Gasteiger charge is 2.41. The second-order valence-electron chi connectivity index (χ2n) is 8.82. The lowest BCUT2D eigenvalue weighted by atomic mass is 10.0. The van der Waals surface area contributed by atoms with Crippen LogP contribution in [0.15, 0.2) is 60.4 Å². The van der Waals surface area contributed by atoms with E-state index in [1.165, 1.54) is 17.0 Å². The molecule has 170 valence electrons. The summed E-state index contributed by atoms with van der Waals surface area (Å²) in [5.41, 5.74) is 3.62. The van der Waals surface area contributed by atoms with Gasteiger partial charge in [-0.15, -0.1) is 0 Å². The van der Waals surface area contributed by atoms with Gasteiger partial charge >= 0.3 is 0 Å². The molecule has 1 aromatic heterocycles. The number of benzene rings is 2. The van der Waals surface area contributed by atoms with Gasteiger partial charge in [0.15, 0.2) is 0 Å². The predicted molar refractivity (Wildman–Crippen MR) is 126 cm³/mol. The number of fused-ring (bicyclic) bond motifs is 1. The maximum Gasteiger partial charge on any atom is 0.277 e. The van der Waals surface area contributed by atoms with Gasteiger partial charge < -0.3 is 14.4 Å². The van der Waals surface area contributed by atoms with Gasteiger partial charge in [0.1, 0.15) is 11.5 Å². The van der Waals surface area contributed by atoms with Crippen molar-refractivity contribution < 1.29 is 14.0 Å². The van der Waals surface area contributed by atoms with Crippen molar-refractivity contribution in [3.8, 4) is 0 Å². The summed E-state index contributed by atoms with van der Waals surface area (Å²) in [6.45, 7) is 3.28. The van der Waals surface area contributed by atoms with Crippen molar-refractivity contribution in [2.24, 2.45) is 7.05 Å². The largest absolute Gasteiger partial charge is 0.364 e. The number of hydrogen-bond acceptors (Lipinski definition) is 4. The molecule has 1 fully saturated rings. The van der Waals surface area contributed by atoms with E-state index in [0.29, 0.717) is 42.9 Å². The van der Waals surface area contributed by atoms with E-state index in [4.69, 9.17) is 0 Å². The number of aryl methyl sites for hydroxylation is 1. The third kappa shape index (κ3) is 3.82. The molecule has 2 amide bonds. The van der Waals surface area contributed by atoms with Crippen molar-refractivity contribution in [1.29, 1.82) is 0 Å². The fourth-order valence-electron chi connectivity index (χ4n) is 4.82. The van der Waals surface area contributed by atoms with Gasteiger partial charge in [0.2, 0.25) is 0 Å². The monoisotopic (exact) mass is 446 g/mol. The summed E-state index contributed by atoms with van der Waals surface area (Å²) in [6.07, 6.45) is 2.64. The normalized spacial score (nSPS) is 17.7. The molecule has 1 saturated heterocycles. The van der Waals surface area contributed by atoms with E-state index in [9.17, 15) is 14.0 Å². The third-order valence-electron chi connectivity index (χ3n) is 6.68. The van der Waals surface area contributed by atoms with E-state index < -0.39 is 0 Å². The maximum absolute atomic E-state index is 13.6. The van der Waals surface area contributed by atoms with Crippen LogP contribution in [0.5, 0.6) is 0 Å². The smallest absolute Gasteiger partial charge is 0.277 e. The van der Waals surface area contributed by atoms with Crippen LogP contribution in [0.4, 0.5) is 4.39 Å². The SMILES string of the molecule is CN1CCN(C2=C(c3ccc(F)cc3)C(=O)N(CCc3cn(C)c4ccccc34)C2=O)CC1. The van der Waals surface area contributed by atoms with Gasteiger partial charge in [-0.05, 0) is 42.8 Å². The van der Waals surface area contributed by atoms with Crippen LogP contribution in [0.1, 0.15) is 11.1 Å². The molecule has 0 saturated carbocycles. The van der Waals surface area contributed by atoms with Crippen LogP contribution in [-0.2, 0) is 23.1 Å². The quantitative estimate of drug-likeness (QED) is 0.566. The van der Waals surface area contributed by atoms with Gasteiger partial charge in [-0.2, -0.15) is 0 Å². The first-order chi connectivity index (χ1) is 15.9. The molecular formula is C26H27FN4O2.